The second kappa shape index (κ2) is 14.7. The number of nitrogens with zero attached hydrogens (tertiary/aromatic N) is 3. The first-order valence-electron chi connectivity index (χ1n) is 10.3. The molecule has 8 heteroatoms. The van der Waals surface area contributed by atoms with E-state index in [1.54, 1.807) is 31.2 Å². The molecule has 1 atom stereocenters. The van der Waals surface area contributed by atoms with E-state index in [1.807, 2.05) is 63.9 Å². The summed E-state index contributed by atoms with van der Waals surface area (Å²) in [6.07, 6.45) is 16.5. The fraction of sp³-hybridized carbons (Fsp3) is 0.200. The Morgan fingerprint density at radius 2 is 1.76 bits per heavy atom. The maximum atomic E-state index is 12.5. The van der Waals surface area contributed by atoms with Crippen molar-refractivity contribution in [3.63, 3.8) is 0 Å². The number of esters is 1. The molecule has 0 saturated heterocycles. The zero-order valence-corrected chi connectivity index (χ0v) is 19.9. The molecule has 2 aromatic rings. The third-order valence-corrected chi connectivity index (χ3v) is 4.79. The second-order valence-corrected chi connectivity index (χ2v) is 7.27. The number of ether oxygens (including phenoxy) is 1. The van der Waals surface area contributed by atoms with Crippen LogP contribution in [0, 0.1) is 63.7 Å². The summed E-state index contributed by atoms with van der Waals surface area (Å²) in [5.74, 6) is 0.376. The predicted molar refractivity (Wildman–Crippen MR) is 122 cm³/mol. The Balaban J connectivity index is 0.000000568. The molecule has 10 radical (unpaired) electrons. The molecule has 2 fully saturated rings. The SMILES string of the molecule is CCOC(=O)c1cc([C]2[CH][CH][CH][CH]2)nn1C[C@@H]([O-])C[N-]c1ccccc1Cl.[CH]1[CH][CH][CH][CH]1.[Fe+2]. The number of rotatable bonds is 8. The summed E-state index contributed by atoms with van der Waals surface area (Å²) < 4.78 is 6.49. The monoisotopic (exact) mass is 505 g/mol. The van der Waals surface area contributed by atoms with Crippen LogP contribution in [-0.4, -0.2) is 35.0 Å². The summed E-state index contributed by atoms with van der Waals surface area (Å²) in [6.45, 7) is 2.01. The van der Waals surface area contributed by atoms with Gasteiger partial charge in [-0.3, -0.25) is 4.68 Å². The van der Waals surface area contributed by atoms with Crippen molar-refractivity contribution in [3.05, 3.63) is 116 Å². The standard InChI is InChI=1S/C20H19ClN3O3.C5H5.Fe/c1-2-27-20(26)19-11-18(14-7-3-4-8-14)23-24(19)13-15(25)12-22-17-10-6-5-9-16(17)21;1-2-4-5-3-1;/h3-11,15H,2,12-13H2,1H3;1-5H;/q-2;;+2/t15-;;/m0../s1. The van der Waals surface area contributed by atoms with E-state index in [9.17, 15) is 9.90 Å². The Kier molecular flexibility index (Phi) is 12.3. The Labute approximate surface area is 212 Å². The fourth-order valence-corrected chi connectivity index (χ4v) is 3.16. The number of para-hydroxylation sites is 1. The average molecular weight is 506 g/mol. The number of carbonyl (C=O) groups excluding carboxylic acids is 1. The molecule has 1 aromatic heterocycles. The molecule has 0 bridgehead atoms. The van der Waals surface area contributed by atoms with Crippen molar-refractivity contribution in [1.29, 1.82) is 0 Å². The maximum Gasteiger partial charge on any atom is 2.00 e. The molecule has 0 N–H and O–H groups in total. The van der Waals surface area contributed by atoms with Gasteiger partial charge in [0.2, 0.25) is 0 Å². The molecule has 0 amide bonds. The van der Waals surface area contributed by atoms with E-state index in [0.29, 0.717) is 16.4 Å². The zero-order valence-electron chi connectivity index (χ0n) is 18.1. The summed E-state index contributed by atoms with van der Waals surface area (Å²) in [5.41, 5.74) is 1.45. The molecule has 4 rings (SSSR count). The summed E-state index contributed by atoms with van der Waals surface area (Å²) in [6, 6.07) is 8.73. The van der Waals surface area contributed by atoms with E-state index in [4.69, 9.17) is 16.3 Å². The number of aromatic nitrogens is 2. The molecule has 0 unspecified atom stereocenters. The van der Waals surface area contributed by atoms with Crippen molar-refractivity contribution >= 4 is 23.3 Å². The van der Waals surface area contributed by atoms with Gasteiger partial charge in [-0.2, -0.15) is 5.10 Å². The molecule has 0 aliphatic heterocycles. The summed E-state index contributed by atoms with van der Waals surface area (Å²) in [4.78, 5) is 12.2. The van der Waals surface area contributed by atoms with Gasteiger partial charge in [0.15, 0.2) is 0 Å². The van der Waals surface area contributed by atoms with Crippen LogP contribution in [0.1, 0.15) is 23.1 Å². The number of benzene rings is 1. The average Bonchev–Trinajstić information content (AvgIpc) is 3.56. The Morgan fingerprint density at radius 1 is 1.12 bits per heavy atom. The van der Waals surface area contributed by atoms with Crippen LogP contribution in [0.15, 0.2) is 30.3 Å². The summed E-state index contributed by atoms with van der Waals surface area (Å²) in [5, 5.41) is 21.6. The van der Waals surface area contributed by atoms with Gasteiger partial charge in [-0.1, -0.05) is 29.8 Å². The first-order valence-corrected chi connectivity index (χ1v) is 10.7. The molecular weight excluding hydrogens is 482 g/mol. The van der Waals surface area contributed by atoms with Crippen LogP contribution < -0.4 is 5.11 Å². The largest absolute Gasteiger partial charge is 2.00 e. The molecule has 1 heterocycles. The second-order valence-electron chi connectivity index (χ2n) is 6.87. The van der Waals surface area contributed by atoms with Crippen molar-refractivity contribution in [2.75, 3.05) is 13.2 Å². The van der Waals surface area contributed by atoms with Gasteiger partial charge in [0.05, 0.1) is 12.3 Å². The van der Waals surface area contributed by atoms with Gasteiger partial charge in [-0.25, -0.2) is 4.79 Å². The van der Waals surface area contributed by atoms with Crippen LogP contribution >= 0.6 is 11.6 Å². The van der Waals surface area contributed by atoms with Gasteiger partial charge in [0, 0.05) is 17.5 Å². The molecule has 33 heavy (non-hydrogen) atoms. The predicted octanol–water partition coefficient (Wildman–Crippen LogP) is 3.92. The van der Waals surface area contributed by atoms with Crippen molar-refractivity contribution in [2.24, 2.45) is 0 Å². The molecule has 0 spiro atoms. The Morgan fingerprint density at radius 3 is 2.36 bits per heavy atom. The molecule has 2 aliphatic carbocycles. The molecule has 6 nitrogen and oxygen atoms in total. The van der Waals surface area contributed by atoms with Gasteiger partial charge >= 0.3 is 23.0 Å². The first kappa shape index (κ1) is 27.7. The smallest absolute Gasteiger partial charge is 0.852 e. The van der Waals surface area contributed by atoms with E-state index < -0.39 is 12.1 Å². The van der Waals surface area contributed by atoms with Gasteiger partial charge in [-0.05, 0) is 76.8 Å². The first-order chi connectivity index (χ1) is 15.6. The molecular formula is C25H24ClFeN3O3. The number of halogens is 1. The van der Waals surface area contributed by atoms with Crippen molar-refractivity contribution in [1.82, 2.24) is 9.78 Å². The van der Waals surface area contributed by atoms with Crippen LogP contribution in [0.2, 0.25) is 5.02 Å². The van der Waals surface area contributed by atoms with Crippen molar-refractivity contribution in [3.8, 4) is 0 Å². The Bertz CT molecular complexity index is 844. The van der Waals surface area contributed by atoms with E-state index in [0.717, 1.165) is 5.92 Å². The Hall–Kier alpha value is -1.53. The van der Waals surface area contributed by atoms with E-state index in [2.05, 4.69) is 10.4 Å². The quantitative estimate of drug-likeness (QED) is 0.402. The van der Waals surface area contributed by atoms with Gasteiger partial charge < -0.3 is 15.2 Å². The fourth-order valence-electron chi connectivity index (χ4n) is 2.96. The molecule has 2 saturated carbocycles. The van der Waals surface area contributed by atoms with Crippen LogP contribution in [0.3, 0.4) is 0 Å². The summed E-state index contributed by atoms with van der Waals surface area (Å²) in [7, 11) is 0. The molecule has 2 aliphatic rings. The summed E-state index contributed by atoms with van der Waals surface area (Å²) >= 11 is 6.06. The molecule has 1 aromatic carbocycles. The normalized spacial score (nSPS) is 16.5. The van der Waals surface area contributed by atoms with E-state index in [1.165, 1.54) is 4.68 Å². The van der Waals surface area contributed by atoms with Crippen LogP contribution in [0.5, 0.6) is 0 Å². The molecule has 172 valence electrons. The number of carbonyl (C=O) groups is 1. The van der Waals surface area contributed by atoms with Crippen LogP contribution in [0.4, 0.5) is 5.69 Å². The van der Waals surface area contributed by atoms with E-state index >= 15 is 0 Å². The topological polar surface area (TPSA) is 81.3 Å². The van der Waals surface area contributed by atoms with Crippen molar-refractivity contribution < 1.29 is 31.7 Å². The van der Waals surface area contributed by atoms with Crippen LogP contribution in [0.25, 0.3) is 5.32 Å². The van der Waals surface area contributed by atoms with Gasteiger partial charge in [0.1, 0.15) is 5.69 Å². The third-order valence-electron chi connectivity index (χ3n) is 4.47. The maximum absolute atomic E-state index is 12.5. The number of hydrogen-bond acceptors (Lipinski definition) is 4. The van der Waals surface area contributed by atoms with Crippen molar-refractivity contribution in [2.45, 2.75) is 19.6 Å². The van der Waals surface area contributed by atoms with Gasteiger partial charge in [-0.15, -0.1) is 18.3 Å². The minimum Gasteiger partial charge on any atom is -0.852 e. The zero-order chi connectivity index (χ0) is 22.8. The minimum absolute atomic E-state index is 0. The minimum atomic E-state index is -1.08. The van der Waals surface area contributed by atoms with Crippen LogP contribution in [-0.2, 0) is 28.4 Å². The third kappa shape index (κ3) is 8.64. The number of hydrogen-bond donors (Lipinski definition) is 0. The van der Waals surface area contributed by atoms with E-state index in [-0.39, 0.29) is 42.5 Å². The van der Waals surface area contributed by atoms with Gasteiger partial charge in [0.25, 0.3) is 0 Å².